The molecule has 1 aliphatic rings. The lowest BCUT2D eigenvalue weighted by atomic mass is 9.89. The summed E-state index contributed by atoms with van der Waals surface area (Å²) in [6.45, 7) is 0.340. The van der Waals surface area contributed by atoms with Crippen molar-refractivity contribution in [2.45, 2.75) is 44.3 Å². The van der Waals surface area contributed by atoms with Crippen LogP contribution in [0, 0.1) is 18.2 Å². The van der Waals surface area contributed by atoms with Crippen molar-refractivity contribution in [2.75, 3.05) is 14.2 Å². The van der Waals surface area contributed by atoms with Crippen molar-refractivity contribution >= 4 is 38.9 Å². The fourth-order valence-electron chi connectivity index (χ4n) is 5.44. The summed E-state index contributed by atoms with van der Waals surface area (Å²) in [7, 11) is 3.61. The van der Waals surface area contributed by atoms with Crippen LogP contribution in [0.2, 0.25) is 5.02 Å². The Kier molecular flexibility index (Phi) is 8.23. The molecular formula is C32H30ClFN2O2S. The van der Waals surface area contributed by atoms with Gasteiger partial charge in [-0.05, 0) is 80.3 Å². The topological polar surface area (TPSA) is 41.6 Å². The van der Waals surface area contributed by atoms with Crippen LogP contribution in [0.3, 0.4) is 0 Å². The summed E-state index contributed by atoms with van der Waals surface area (Å²) in [6.07, 6.45) is 9.29. The zero-order valence-corrected chi connectivity index (χ0v) is 23.5. The van der Waals surface area contributed by atoms with Gasteiger partial charge in [-0.3, -0.25) is 4.79 Å². The molecule has 3 aromatic carbocycles. The van der Waals surface area contributed by atoms with Crippen LogP contribution in [0.25, 0.3) is 21.2 Å². The van der Waals surface area contributed by atoms with E-state index in [0.29, 0.717) is 33.3 Å². The number of halogens is 2. The van der Waals surface area contributed by atoms with Crippen LogP contribution in [-0.2, 0) is 6.54 Å². The molecule has 7 heteroatoms. The number of benzene rings is 3. The molecule has 1 saturated carbocycles. The van der Waals surface area contributed by atoms with Crippen LogP contribution < -0.4 is 10.1 Å². The number of hydrogen-bond acceptors (Lipinski definition) is 4. The van der Waals surface area contributed by atoms with E-state index in [-0.39, 0.29) is 17.0 Å². The second-order valence-electron chi connectivity index (χ2n) is 9.84. The molecule has 4 aromatic rings. The molecule has 0 saturated heterocycles. The van der Waals surface area contributed by atoms with Crippen molar-refractivity contribution in [1.82, 2.24) is 10.2 Å². The van der Waals surface area contributed by atoms with Crippen LogP contribution in [0.4, 0.5) is 4.39 Å². The Hall–Kier alpha value is -3.37. The summed E-state index contributed by atoms with van der Waals surface area (Å²) >= 11 is 7.90. The normalized spacial score (nSPS) is 17.1. The van der Waals surface area contributed by atoms with Gasteiger partial charge in [-0.15, -0.1) is 17.8 Å². The minimum absolute atomic E-state index is 0.0198. The zero-order chi connectivity index (χ0) is 27.5. The Morgan fingerprint density at radius 2 is 1.87 bits per heavy atom. The Morgan fingerprint density at radius 3 is 2.56 bits per heavy atom. The summed E-state index contributed by atoms with van der Waals surface area (Å²) in [6, 6.07) is 19.1. The van der Waals surface area contributed by atoms with E-state index in [4.69, 9.17) is 22.8 Å². The van der Waals surface area contributed by atoms with Gasteiger partial charge in [-0.1, -0.05) is 41.8 Å². The van der Waals surface area contributed by atoms with E-state index < -0.39 is 5.82 Å². The number of rotatable bonds is 7. The molecule has 200 valence electrons. The Balaban J connectivity index is 1.55. The average molecular weight is 561 g/mol. The van der Waals surface area contributed by atoms with E-state index in [1.807, 2.05) is 48.3 Å². The first-order valence-corrected chi connectivity index (χ1v) is 14.2. The highest BCUT2D eigenvalue weighted by Crippen LogP contribution is 2.39. The van der Waals surface area contributed by atoms with Crippen LogP contribution in [0.15, 0.2) is 60.7 Å². The van der Waals surface area contributed by atoms with E-state index in [9.17, 15) is 9.18 Å². The van der Waals surface area contributed by atoms with Gasteiger partial charge in [-0.2, -0.15) is 0 Å². The number of amides is 1. The molecule has 4 nitrogen and oxygen atoms in total. The smallest absolute Gasteiger partial charge is 0.266 e. The molecule has 0 radical (unpaired) electrons. The van der Waals surface area contributed by atoms with Crippen LogP contribution in [0.1, 0.15) is 46.5 Å². The highest BCUT2D eigenvalue weighted by molar-refractivity contribution is 7.21. The first-order chi connectivity index (χ1) is 18.9. The third-order valence-corrected chi connectivity index (χ3v) is 9.22. The number of methoxy groups -OCH3 is 1. The second-order valence-corrected chi connectivity index (χ2v) is 11.3. The molecular weight excluding hydrogens is 531 g/mol. The van der Waals surface area contributed by atoms with Crippen LogP contribution in [-0.4, -0.2) is 37.0 Å². The largest absolute Gasteiger partial charge is 0.496 e. The predicted octanol–water partition coefficient (Wildman–Crippen LogP) is 7.52. The quantitative estimate of drug-likeness (QED) is 0.238. The average Bonchev–Trinajstić information content (AvgIpc) is 3.32. The highest BCUT2D eigenvalue weighted by Gasteiger charge is 2.32. The summed E-state index contributed by atoms with van der Waals surface area (Å²) in [4.78, 5) is 16.5. The summed E-state index contributed by atoms with van der Waals surface area (Å²) in [5.41, 5.74) is 3.66. The van der Waals surface area contributed by atoms with Gasteiger partial charge in [0.15, 0.2) is 0 Å². The molecule has 1 heterocycles. The number of carbonyl (C=O) groups excluding carboxylic acids is 1. The molecule has 1 aromatic heterocycles. The summed E-state index contributed by atoms with van der Waals surface area (Å²) in [5.74, 6) is 2.78. The lowest BCUT2D eigenvalue weighted by molar-refractivity contribution is 0.0604. The van der Waals surface area contributed by atoms with Crippen molar-refractivity contribution in [3.05, 3.63) is 87.5 Å². The molecule has 0 bridgehead atoms. The predicted molar refractivity (Wildman–Crippen MR) is 158 cm³/mol. The molecule has 1 fully saturated rings. The maximum Gasteiger partial charge on any atom is 0.266 e. The van der Waals surface area contributed by atoms with Gasteiger partial charge in [0, 0.05) is 39.8 Å². The van der Waals surface area contributed by atoms with E-state index in [1.165, 1.54) is 17.4 Å². The number of carbonyl (C=O) groups is 1. The third-order valence-electron chi connectivity index (χ3n) is 7.59. The minimum atomic E-state index is -0.419. The van der Waals surface area contributed by atoms with Crippen LogP contribution in [0.5, 0.6) is 5.75 Å². The second kappa shape index (κ2) is 11.8. The first kappa shape index (κ1) is 27.2. The lowest BCUT2D eigenvalue weighted by Crippen LogP contribution is -2.44. The van der Waals surface area contributed by atoms with E-state index in [2.05, 4.69) is 17.3 Å². The standard InChI is InChI=1S/C32H30ClFN2O2S/c1-4-20-7-5-8-21(17-20)22-11-16-27(38-3)23(18-22)19-36(25-14-12-24(35-2)13-15-25)32(37)31-30(33)29-26(34)9-6-10-28(29)39-31/h1,5-11,16-18,24-25,35H,12-15,19H2,2-3H3/t24-,25-. The Bertz CT molecular complexity index is 1550. The molecule has 0 atom stereocenters. The molecule has 1 amide bonds. The lowest BCUT2D eigenvalue weighted by Gasteiger charge is -2.37. The third kappa shape index (κ3) is 5.53. The SMILES string of the molecule is C#Cc1cccc(-c2ccc(OC)c(CN(C(=O)c3sc4cccc(F)c4c3Cl)[C@H]3CC[C@H](NC)CC3)c2)c1. The van der Waals surface area contributed by atoms with E-state index in [0.717, 1.165) is 47.9 Å². The number of nitrogens with zero attached hydrogens (tertiary/aromatic N) is 1. The molecule has 39 heavy (non-hydrogen) atoms. The zero-order valence-electron chi connectivity index (χ0n) is 22.0. The van der Waals surface area contributed by atoms with Crippen molar-refractivity contribution in [2.24, 2.45) is 0 Å². The molecule has 0 unspecified atom stereocenters. The van der Waals surface area contributed by atoms with Gasteiger partial charge in [-0.25, -0.2) is 4.39 Å². The van der Waals surface area contributed by atoms with Gasteiger partial charge in [0.05, 0.1) is 12.1 Å². The summed E-state index contributed by atoms with van der Waals surface area (Å²) < 4.78 is 21.0. The van der Waals surface area contributed by atoms with Crippen molar-refractivity contribution < 1.29 is 13.9 Å². The minimum Gasteiger partial charge on any atom is -0.496 e. The van der Waals surface area contributed by atoms with E-state index in [1.54, 1.807) is 19.2 Å². The number of ether oxygens (including phenoxy) is 1. The summed E-state index contributed by atoms with van der Waals surface area (Å²) in [5, 5.41) is 3.85. The molecule has 0 aliphatic heterocycles. The number of fused-ring (bicyclic) bond motifs is 1. The number of terminal acetylenes is 1. The van der Waals surface area contributed by atoms with Gasteiger partial charge in [0.2, 0.25) is 0 Å². The monoisotopic (exact) mass is 560 g/mol. The van der Waals surface area contributed by atoms with Gasteiger partial charge in [0.25, 0.3) is 5.91 Å². The van der Waals surface area contributed by atoms with Gasteiger partial charge >= 0.3 is 0 Å². The number of thiophene rings is 1. The molecule has 1 aliphatic carbocycles. The number of hydrogen-bond donors (Lipinski definition) is 1. The van der Waals surface area contributed by atoms with Crippen molar-refractivity contribution in [1.29, 1.82) is 0 Å². The van der Waals surface area contributed by atoms with Gasteiger partial charge in [0.1, 0.15) is 16.4 Å². The fourth-order valence-corrected chi connectivity index (χ4v) is 6.94. The maximum absolute atomic E-state index is 14.6. The molecule has 0 spiro atoms. The Labute approximate surface area is 237 Å². The fraction of sp³-hybridized carbons (Fsp3) is 0.281. The van der Waals surface area contributed by atoms with Crippen LogP contribution >= 0.6 is 22.9 Å². The maximum atomic E-state index is 14.6. The number of nitrogens with one attached hydrogen (secondary N) is 1. The Morgan fingerprint density at radius 1 is 1.13 bits per heavy atom. The molecule has 5 rings (SSSR count). The first-order valence-electron chi connectivity index (χ1n) is 13.0. The van der Waals surface area contributed by atoms with Gasteiger partial charge < -0.3 is 15.0 Å². The van der Waals surface area contributed by atoms with Crippen molar-refractivity contribution in [3.63, 3.8) is 0 Å². The highest BCUT2D eigenvalue weighted by atomic mass is 35.5. The van der Waals surface area contributed by atoms with E-state index >= 15 is 0 Å². The van der Waals surface area contributed by atoms with Crippen molar-refractivity contribution in [3.8, 4) is 29.2 Å². The molecule has 1 N–H and O–H groups in total.